The van der Waals surface area contributed by atoms with Gasteiger partial charge in [-0.2, -0.15) is 36.5 Å². The van der Waals surface area contributed by atoms with E-state index in [1.54, 1.807) is 30.3 Å². The molecule has 4 nitrogen and oxygen atoms in total. The Morgan fingerprint density at radius 2 is 1.53 bits per heavy atom. The van der Waals surface area contributed by atoms with Crippen LogP contribution in [0.2, 0.25) is 0 Å². The van der Waals surface area contributed by atoms with E-state index in [2.05, 4.69) is 15.3 Å². The molecule has 1 aromatic heterocycles. The van der Waals surface area contributed by atoms with E-state index in [9.17, 15) is 26.3 Å². The van der Waals surface area contributed by atoms with E-state index in [1.165, 1.54) is 5.01 Å². The highest BCUT2D eigenvalue weighted by atomic mass is 19.4. The number of hydrogen-bond acceptors (Lipinski definition) is 3. The molecule has 0 spiro atoms. The van der Waals surface area contributed by atoms with Gasteiger partial charge in [0.15, 0.2) is 0 Å². The summed E-state index contributed by atoms with van der Waals surface area (Å²) in [5.74, 6) is 0. The first kappa shape index (κ1) is 22.0. The summed E-state index contributed by atoms with van der Waals surface area (Å²) >= 11 is 0. The van der Waals surface area contributed by atoms with Crippen LogP contribution in [0.25, 0.3) is 10.9 Å². The Balaban J connectivity index is 1.68. The zero-order valence-corrected chi connectivity index (χ0v) is 17.6. The number of hydrogen-bond donors (Lipinski definition) is 1. The third-order valence-electron chi connectivity index (χ3n) is 5.70. The van der Waals surface area contributed by atoms with Crippen molar-refractivity contribution in [3.63, 3.8) is 0 Å². The quantitative estimate of drug-likeness (QED) is 0.330. The van der Waals surface area contributed by atoms with Crippen LogP contribution in [0.4, 0.5) is 32.0 Å². The van der Waals surface area contributed by atoms with E-state index in [4.69, 9.17) is 0 Å². The van der Waals surface area contributed by atoms with Crippen LogP contribution in [0.15, 0.2) is 65.8 Å². The molecule has 1 N–H and O–H groups in total. The monoisotopic (exact) mass is 474 g/mol. The molecule has 10 heteroatoms. The first-order chi connectivity index (χ1) is 16.0. The zero-order valence-electron chi connectivity index (χ0n) is 17.6. The molecule has 174 valence electrons. The molecular formula is C24H16F6N4. The number of fused-ring (bicyclic) bond motifs is 2. The Labute approximate surface area is 189 Å². The summed E-state index contributed by atoms with van der Waals surface area (Å²) in [5, 5.41) is 13.7. The summed E-state index contributed by atoms with van der Waals surface area (Å²) in [4.78, 5) is 0. The van der Waals surface area contributed by atoms with Crippen LogP contribution in [-0.2, 0) is 18.9 Å². The van der Waals surface area contributed by atoms with Crippen molar-refractivity contribution in [3.05, 3.63) is 94.2 Å². The minimum absolute atomic E-state index is 0.0159. The molecule has 0 radical (unpaired) electrons. The highest BCUT2D eigenvalue weighted by Gasteiger charge is 2.38. The molecule has 0 unspecified atom stereocenters. The maximum atomic E-state index is 13.4. The maximum Gasteiger partial charge on any atom is 0.416 e. The SMILES string of the molecule is Cc1[nH]nc2cc(C3=NN(c4cc(C(F)(F)F)cc(C(F)(F)F)c4)Cc4ccccc43)ccc12. The van der Waals surface area contributed by atoms with Crippen molar-refractivity contribution < 1.29 is 26.3 Å². The number of halogens is 6. The Kier molecular flexibility index (Phi) is 4.92. The van der Waals surface area contributed by atoms with Gasteiger partial charge in [-0.25, -0.2) is 0 Å². The van der Waals surface area contributed by atoms with Gasteiger partial charge in [0.05, 0.1) is 34.6 Å². The van der Waals surface area contributed by atoms with E-state index >= 15 is 0 Å². The second-order valence-corrected chi connectivity index (χ2v) is 8.01. The average Bonchev–Trinajstić information content (AvgIpc) is 3.17. The Hall–Kier alpha value is -3.82. The van der Waals surface area contributed by atoms with Gasteiger partial charge in [0.1, 0.15) is 0 Å². The van der Waals surface area contributed by atoms with Gasteiger partial charge in [-0.1, -0.05) is 36.4 Å². The van der Waals surface area contributed by atoms with Crippen molar-refractivity contribution in [1.82, 2.24) is 10.2 Å². The van der Waals surface area contributed by atoms with Crippen LogP contribution in [0.3, 0.4) is 0 Å². The van der Waals surface area contributed by atoms with Gasteiger partial charge in [-0.05, 0) is 36.8 Å². The number of anilines is 1. The lowest BCUT2D eigenvalue weighted by atomic mass is 9.95. The number of hydrazone groups is 1. The largest absolute Gasteiger partial charge is 0.416 e. The first-order valence-electron chi connectivity index (χ1n) is 10.2. The van der Waals surface area contributed by atoms with E-state index in [0.717, 1.165) is 22.2 Å². The highest BCUT2D eigenvalue weighted by Crippen LogP contribution is 2.39. The van der Waals surface area contributed by atoms with Crippen LogP contribution >= 0.6 is 0 Å². The van der Waals surface area contributed by atoms with Gasteiger partial charge in [-0.3, -0.25) is 10.1 Å². The van der Waals surface area contributed by atoms with Gasteiger partial charge in [0.2, 0.25) is 0 Å². The normalized spacial score (nSPS) is 14.3. The third kappa shape index (κ3) is 3.89. The summed E-state index contributed by atoms with van der Waals surface area (Å²) in [7, 11) is 0. The van der Waals surface area contributed by atoms with E-state index in [-0.39, 0.29) is 18.3 Å². The molecule has 0 amide bonds. The molecule has 1 aliphatic heterocycles. The average molecular weight is 474 g/mol. The number of nitrogens with one attached hydrogen (secondary N) is 1. The Bertz CT molecular complexity index is 1400. The molecule has 2 heterocycles. The molecule has 34 heavy (non-hydrogen) atoms. The van der Waals surface area contributed by atoms with Crippen molar-refractivity contribution >= 4 is 22.3 Å². The standard InChI is InChI=1S/C24H16F6N4/c1-13-19-7-6-14(8-21(19)32-31-13)22-20-5-3-2-4-15(20)12-34(33-22)18-10-16(23(25,26)27)9-17(11-18)24(28,29)30/h2-11H,12H2,1H3,(H,31,32). The third-order valence-corrected chi connectivity index (χ3v) is 5.70. The number of rotatable bonds is 2. The van der Waals surface area contributed by atoms with Crippen LogP contribution in [0.1, 0.15) is 33.5 Å². The summed E-state index contributed by atoms with van der Waals surface area (Å²) in [5.41, 5.74) is 0.997. The molecular weight excluding hydrogens is 458 g/mol. The molecule has 0 saturated carbocycles. The van der Waals surface area contributed by atoms with Gasteiger partial charge in [0.25, 0.3) is 0 Å². The van der Waals surface area contributed by atoms with Crippen molar-refractivity contribution in [1.29, 1.82) is 0 Å². The molecule has 0 atom stereocenters. The molecule has 0 bridgehead atoms. The molecule has 0 fully saturated rings. The van der Waals surface area contributed by atoms with Crippen molar-refractivity contribution in [3.8, 4) is 0 Å². The fraction of sp³-hybridized carbons (Fsp3) is 0.167. The van der Waals surface area contributed by atoms with Crippen molar-refractivity contribution in [2.24, 2.45) is 5.10 Å². The first-order valence-corrected chi connectivity index (χ1v) is 10.2. The fourth-order valence-corrected chi connectivity index (χ4v) is 4.00. The number of H-pyrrole nitrogens is 1. The Morgan fingerprint density at radius 3 is 2.21 bits per heavy atom. The molecule has 0 aliphatic carbocycles. The van der Waals surface area contributed by atoms with Crippen LogP contribution in [0, 0.1) is 6.92 Å². The van der Waals surface area contributed by atoms with Crippen LogP contribution < -0.4 is 5.01 Å². The van der Waals surface area contributed by atoms with Crippen molar-refractivity contribution in [2.75, 3.05) is 5.01 Å². The lowest BCUT2D eigenvalue weighted by Gasteiger charge is -2.29. The zero-order chi connectivity index (χ0) is 24.3. The number of alkyl halides is 6. The molecule has 1 aliphatic rings. The van der Waals surface area contributed by atoms with Crippen molar-refractivity contribution in [2.45, 2.75) is 25.8 Å². The smallest absolute Gasteiger partial charge is 0.282 e. The lowest BCUT2D eigenvalue weighted by molar-refractivity contribution is -0.143. The van der Waals surface area contributed by atoms with Gasteiger partial charge < -0.3 is 0 Å². The minimum atomic E-state index is -4.95. The van der Waals surface area contributed by atoms with Crippen LogP contribution in [-0.4, -0.2) is 15.9 Å². The molecule has 0 saturated heterocycles. The summed E-state index contributed by atoms with van der Waals surface area (Å²) < 4.78 is 80.4. The predicted molar refractivity (Wildman–Crippen MR) is 116 cm³/mol. The predicted octanol–water partition coefficient (Wildman–Crippen LogP) is 6.68. The highest BCUT2D eigenvalue weighted by molar-refractivity contribution is 6.15. The molecule has 4 aromatic rings. The molecule has 3 aromatic carbocycles. The second kappa shape index (κ2) is 7.61. The van der Waals surface area contributed by atoms with E-state index in [1.807, 2.05) is 19.1 Å². The number of aromatic amines is 1. The molecule has 5 rings (SSSR count). The van der Waals surface area contributed by atoms with E-state index in [0.29, 0.717) is 28.9 Å². The number of aromatic nitrogens is 2. The Morgan fingerprint density at radius 1 is 0.853 bits per heavy atom. The van der Waals surface area contributed by atoms with Gasteiger partial charge in [0, 0.05) is 22.2 Å². The maximum absolute atomic E-state index is 13.4. The number of aryl methyl sites for hydroxylation is 1. The summed E-state index contributed by atoms with van der Waals surface area (Å²) in [6.45, 7) is 1.89. The van der Waals surface area contributed by atoms with Gasteiger partial charge >= 0.3 is 12.4 Å². The lowest BCUT2D eigenvalue weighted by Crippen LogP contribution is -2.27. The minimum Gasteiger partial charge on any atom is -0.282 e. The topological polar surface area (TPSA) is 44.3 Å². The number of benzene rings is 3. The number of nitrogens with zero attached hydrogens (tertiary/aromatic N) is 3. The fourth-order valence-electron chi connectivity index (χ4n) is 4.00. The summed E-state index contributed by atoms with van der Waals surface area (Å²) in [6, 6.07) is 14.1. The van der Waals surface area contributed by atoms with E-state index < -0.39 is 23.5 Å². The second-order valence-electron chi connectivity index (χ2n) is 8.01. The van der Waals surface area contributed by atoms with Gasteiger partial charge in [-0.15, -0.1) is 0 Å². The van der Waals surface area contributed by atoms with Crippen LogP contribution in [0.5, 0.6) is 0 Å². The summed E-state index contributed by atoms with van der Waals surface area (Å²) in [6.07, 6.45) is -9.89.